The number of hydrogen-bond donors (Lipinski definition) is 0. The normalized spacial score (nSPS) is 11.8. The quantitative estimate of drug-likeness (QED) is 0.623. The van der Waals surface area contributed by atoms with E-state index in [1.807, 2.05) is 0 Å². The van der Waals surface area contributed by atoms with Crippen LogP contribution in [0, 0.1) is 0 Å². The Hall–Kier alpha value is -1.70. The van der Waals surface area contributed by atoms with Gasteiger partial charge in [-0.2, -0.15) is 13.2 Å². The number of aromatic nitrogens is 1. The summed E-state index contributed by atoms with van der Waals surface area (Å²) in [7, 11) is 1.15. The third kappa shape index (κ3) is 2.76. The van der Waals surface area contributed by atoms with Crippen molar-refractivity contribution in [3.05, 3.63) is 24.1 Å². The zero-order valence-electron chi connectivity index (χ0n) is 8.95. The number of methoxy groups -OCH3 is 1. The molecule has 4 nitrogen and oxygen atoms in total. The number of hydrogen-bond acceptors (Lipinski definition) is 5. The van der Waals surface area contributed by atoms with Crippen LogP contribution in [0.2, 0.25) is 0 Å². The Morgan fingerprint density at radius 3 is 2.78 bits per heavy atom. The maximum atomic E-state index is 12.2. The van der Waals surface area contributed by atoms with Crippen LogP contribution in [0.4, 0.5) is 13.2 Å². The Kier molecular flexibility index (Phi) is 3.20. The van der Waals surface area contributed by atoms with Crippen LogP contribution in [0.15, 0.2) is 27.5 Å². The Morgan fingerprint density at radius 1 is 1.44 bits per heavy atom. The third-order valence-electron chi connectivity index (χ3n) is 1.95. The van der Waals surface area contributed by atoms with E-state index in [-0.39, 0.29) is 33.6 Å². The van der Waals surface area contributed by atoms with Crippen LogP contribution in [-0.4, -0.2) is 23.6 Å². The van der Waals surface area contributed by atoms with Gasteiger partial charge in [-0.3, -0.25) is 0 Å². The fraction of sp³-hybridized carbons (Fsp3) is 0.200. The molecule has 1 heterocycles. The van der Waals surface area contributed by atoms with Gasteiger partial charge in [0.15, 0.2) is 5.58 Å². The SMILES string of the molecule is COC(=O)c1nc2cc(SC(F)(F)F)ccc2o1. The first-order valence-corrected chi connectivity index (χ1v) is 5.45. The highest BCUT2D eigenvalue weighted by atomic mass is 32.2. The van der Waals surface area contributed by atoms with Gasteiger partial charge in [0, 0.05) is 4.90 Å². The molecule has 0 fully saturated rings. The molecule has 0 amide bonds. The number of benzene rings is 1. The predicted octanol–water partition coefficient (Wildman–Crippen LogP) is 3.23. The fourth-order valence-electron chi connectivity index (χ4n) is 1.28. The maximum Gasteiger partial charge on any atom is 0.446 e. The summed E-state index contributed by atoms with van der Waals surface area (Å²) >= 11 is -0.259. The lowest BCUT2D eigenvalue weighted by molar-refractivity contribution is -0.0328. The lowest BCUT2D eigenvalue weighted by atomic mass is 10.3. The Balaban J connectivity index is 2.37. The van der Waals surface area contributed by atoms with Crippen molar-refractivity contribution in [1.29, 1.82) is 0 Å². The molecule has 1 aromatic heterocycles. The van der Waals surface area contributed by atoms with Gasteiger partial charge in [-0.05, 0) is 30.0 Å². The van der Waals surface area contributed by atoms with E-state index in [0.29, 0.717) is 0 Å². The zero-order chi connectivity index (χ0) is 13.3. The number of nitrogens with zero attached hydrogens (tertiary/aromatic N) is 1. The van der Waals surface area contributed by atoms with Gasteiger partial charge < -0.3 is 9.15 Å². The first-order valence-electron chi connectivity index (χ1n) is 4.64. The molecule has 0 aliphatic heterocycles. The molecule has 0 N–H and O–H groups in total. The number of oxazole rings is 1. The second-order valence-electron chi connectivity index (χ2n) is 3.19. The first-order chi connectivity index (χ1) is 8.39. The summed E-state index contributed by atoms with van der Waals surface area (Å²) in [5.41, 5.74) is -3.98. The summed E-state index contributed by atoms with van der Waals surface area (Å²) in [6, 6.07) is 3.76. The van der Waals surface area contributed by atoms with Gasteiger partial charge in [-0.25, -0.2) is 9.78 Å². The summed E-state index contributed by atoms with van der Waals surface area (Å²) in [6.07, 6.45) is 0. The number of carbonyl (C=O) groups is 1. The highest BCUT2D eigenvalue weighted by Crippen LogP contribution is 2.37. The minimum atomic E-state index is -4.37. The van der Waals surface area contributed by atoms with Crippen LogP contribution in [0.3, 0.4) is 0 Å². The van der Waals surface area contributed by atoms with E-state index >= 15 is 0 Å². The monoisotopic (exact) mass is 277 g/mol. The Bertz CT molecular complexity index is 594. The molecule has 2 rings (SSSR count). The number of rotatable bonds is 2. The molecule has 96 valence electrons. The molecule has 18 heavy (non-hydrogen) atoms. The number of esters is 1. The van der Waals surface area contributed by atoms with Crippen molar-refractivity contribution in [3.8, 4) is 0 Å². The lowest BCUT2D eigenvalue weighted by Gasteiger charge is -2.04. The van der Waals surface area contributed by atoms with E-state index in [0.717, 1.165) is 7.11 Å². The first kappa shape index (κ1) is 12.7. The average molecular weight is 277 g/mol. The van der Waals surface area contributed by atoms with Crippen molar-refractivity contribution >= 4 is 28.8 Å². The highest BCUT2D eigenvalue weighted by Gasteiger charge is 2.29. The molecule has 0 saturated heterocycles. The van der Waals surface area contributed by atoms with Gasteiger partial charge in [0.1, 0.15) is 5.52 Å². The molecule has 0 bridgehead atoms. The number of fused-ring (bicyclic) bond motifs is 1. The van der Waals surface area contributed by atoms with Crippen molar-refractivity contribution in [3.63, 3.8) is 0 Å². The summed E-state index contributed by atoms with van der Waals surface area (Å²) in [4.78, 5) is 14.9. The van der Waals surface area contributed by atoms with Crippen LogP contribution in [-0.2, 0) is 4.74 Å². The van der Waals surface area contributed by atoms with E-state index in [1.165, 1.54) is 18.2 Å². The molecular formula is C10H6F3NO3S. The minimum absolute atomic E-state index is 0.0280. The highest BCUT2D eigenvalue weighted by molar-refractivity contribution is 8.00. The molecule has 0 spiro atoms. The summed E-state index contributed by atoms with van der Waals surface area (Å²) < 4.78 is 45.9. The summed E-state index contributed by atoms with van der Waals surface area (Å²) in [5.74, 6) is -1.07. The predicted molar refractivity (Wildman–Crippen MR) is 57.3 cm³/mol. The molecule has 1 aromatic carbocycles. The Morgan fingerprint density at radius 2 is 2.17 bits per heavy atom. The van der Waals surface area contributed by atoms with E-state index in [4.69, 9.17) is 4.42 Å². The van der Waals surface area contributed by atoms with E-state index < -0.39 is 11.5 Å². The van der Waals surface area contributed by atoms with E-state index in [9.17, 15) is 18.0 Å². The van der Waals surface area contributed by atoms with Crippen molar-refractivity contribution in [2.45, 2.75) is 10.4 Å². The van der Waals surface area contributed by atoms with Gasteiger partial charge in [-0.1, -0.05) is 0 Å². The number of alkyl halides is 3. The molecule has 0 unspecified atom stereocenters. The van der Waals surface area contributed by atoms with E-state index in [1.54, 1.807) is 0 Å². The molecule has 0 radical (unpaired) electrons. The van der Waals surface area contributed by atoms with Crippen LogP contribution < -0.4 is 0 Å². The standard InChI is InChI=1S/C10H6F3NO3S/c1-16-9(15)8-14-6-4-5(18-10(11,12)13)2-3-7(6)17-8/h2-4H,1H3. The van der Waals surface area contributed by atoms with Gasteiger partial charge >= 0.3 is 17.4 Å². The molecular weight excluding hydrogens is 271 g/mol. The minimum Gasteiger partial charge on any atom is -0.462 e. The second kappa shape index (κ2) is 4.52. The van der Waals surface area contributed by atoms with Crippen molar-refractivity contribution in [1.82, 2.24) is 4.98 Å². The van der Waals surface area contributed by atoms with Gasteiger partial charge in [-0.15, -0.1) is 0 Å². The molecule has 2 aromatic rings. The third-order valence-corrected chi connectivity index (χ3v) is 2.67. The van der Waals surface area contributed by atoms with Crippen LogP contribution in [0.5, 0.6) is 0 Å². The average Bonchev–Trinajstić information content (AvgIpc) is 2.68. The topological polar surface area (TPSA) is 52.3 Å². The fourth-order valence-corrected chi connectivity index (χ4v) is 1.85. The summed E-state index contributed by atoms with van der Waals surface area (Å²) in [6.45, 7) is 0. The molecule has 0 saturated carbocycles. The lowest BCUT2D eigenvalue weighted by Crippen LogP contribution is -2.00. The number of thioether (sulfide) groups is 1. The molecule has 0 atom stereocenters. The smallest absolute Gasteiger partial charge is 0.446 e. The van der Waals surface area contributed by atoms with Crippen molar-refractivity contribution in [2.24, 2.45) is 0 Å². The number of ether oxygens (including phenoxy) is 1. The largest absolute Gasteiger partial charge is 0.462 e. The van der Waals surface area contributed by atoms with E-state index in [2.05, 4.69) is 9.72 Å². The number of halogens is 3. The second-order valence-corrected chi connectivity index (χ2v) is 4.33. The van der Waals surface area contributed by atoms with Crippen molar-refractivity contribution in [2.75, 3.05) is 7.11 Å². The van der Waals surface area contributed by atoms with Gasteiger partial charge in [0.2, 0.25) is 0 Å². The maximum absolute atomic E-state index is 12.2. The summed E-state index contributed by atoms with van der Waals surface area (Å²) in [5, 5.41) is 0. The van der Waals surface area contributed by atoms with Crippen molar-refractivity contribution < 1.29 is 27.1 Å². The van der Waals surface area contributed by atoms with Gasteiger partial charge in [0.05, 0.1) is 7.11 Å². The Labute approximate surface area is 103 Å². The number of carbonyl (C=O) groups excluding carboxylic acids is 1. The molecule has 0 aliphatic rings. The van der Waals surface area contributed by atoms with Crippen LogP contribution >= 0.6 is 11.8 Å². The van der Waals surface area contributed by atoms with Crippen LogP contribution in [0.1, 0.15) is 10.7 Å². The van der Waals surface area contributed by atoms with Gasteiger partial charge in [0.25, 0.3) is 0 Å². The molecule has 0 aliphatic carbocycles. The zero-order valence-corrected chi connectivity index (χ0v) is 9.76. The van der Waals surface area contributed by atoms with Crippen LogP contribution in [0.25, 0.3) is 11.1 Å². The molecule has 8 heteroatoms.